The van der Waals surface area contributed by atoms with Crippen molar-refractivity contribution in [2.24, 2.45) is 0 Å². The average Bonchev–Trinajstić information content (AvgIpc) is 2.61. The van der Waals surface area contributed by atoms with Gasteiger partial charge in [-0.3, -0.25) is 0 Å². The van der Waals surface area contributed by atoms with Crippen LogP contribution in [0.5, 0.6) is 0 Å². The zero-order chi connectivity index (χ0) is 10.2. The summed E-state index contributed by atoms with van der Waals surface area (Å²) in [6.45, 7) is 2.40. The van der Waals surface area contributed by atoms with Gasteiger partial charge in [0.1, 0.15) is 0 Å². The normalized spacial score (nSPS) is 10.7. The maximum atomic E-state index is 8.60. The van der Waals surface area contributed by atoms with Gasteiger partial charge in [0, 0.05) is 12.4 Å². The molecule has 1 heterocycles. The smallest absolute Gasteiger partial charge is 0.175 e. The molecule has 6 heteroatoms. The lowest BCUT2D eigenvalue weighted by atomic mass is 10.4. The van der Waals surface area contributed by atoms with E-state index in [4.69, 9.17) is 5.11 Å². The Hall–Kier alpha value is 0.220. The fourth-order valence-corrected chi connectivity index (χ4v) is 3.80. The second-order valence-corrected chi connectivity index (χ2v) is 6.38. The predicted octanol–water partition coefficient (Wildman–Crippen LogP) is 2.51. The molecular weight excluding hydrogens is 236 g/mol. The first-order valence-electron chi connectivity index (χ1n) is 4.56. The Labute approximate surface area is 96.7 Å². The van der Waals surface area contributed by atoms with E-state index in [2.05, 4.69) is 17.1 Å². The van der Waals surface area contributed by atoms with E-state index in [-0.39, 0.29) is 6.61 Å². The van der Waals surface area contributed by atoms with E-state index in [9.17, 15) is 0 Å². The van der Waals surface area contributed by atoms with Crippen LogP contribution in [0.1, 0.15) is 19.8 Å². The molecule has 0 unspecified atom stereocenters. The standard InChI is InChI=1S/C8H14N2OS3/c1-2-12-7-9-10-8(14-7)13-6-4-3-5-11/h11H,2-6H2,1H3. The number of hydrogen-bond donors (Lipinski definition) is 1. The SMILES string of the molecule is CCSc1nnc(SCCCCO)s1. The third-order valence-electron chi connectivity index (χ3n) is 1.43. The maximum Gasteiger partial charge on any atom is 0.175 e. The number of aliphatic hydroxyl groups excluding tert-OH is 1. The quantitative estimate of drug-likeness (QED) is 0.595. The number of aliphatic hydroxyl groups is 1. The van der Waals surface area contributed by atoms with E-state index in [0.717, 1.165) is 33.0 Å². The van der Waals surface area contributed by atoms with E-state index in [1.54, 1.807) is 34.9 Å². The molecule has 14 heavy (non-hydrogen) atoms. The highest BCUT2D eigenvalue weighted by atomic mass is 32.2. The van der Waals surface area contributed by atoms with Crippen molar-refractivity contribution >= 4 is 34.9 Å². The second kappa shape index (κ2) is 7.50. The maximum absolute atomic E-state index is 8.60. The van der Waals surface area contributed by atoms with Crippen LogP contribution in [-0.2, 0) is 0 Å². The van der Waals surface area contributed by atoms with Crippen LogP contribution in [0.4, 0.5) is 0 Å². The minimum atomic E-state index is 0.285. The van der Waals surface area contributed by atoms with Crippen molar-refractivity contribution in [2.75, 3.05) is 18.1 Å². The van der Waals surface area contributed by atoms with Gasteiger partial charge in [0.2, 0.25) is 0 Å². The number of aromatic nitrogens is 2. The van der Waals surface area contributed by atoms with Crippen molar-refractivity contribution in [1.82, 2.24) is 10.2 Å². The van der Waals surface area contributed by atoms with E-state index in [1.165, 1.54) is 0 Å². The Morgan fingerprint density at radius 2 is 1.93 bits per heavy atom. The minimum Gasteiger partial charge on any atom is -0.396 e. The zero-order valence-corrected chi connectivity index (χ0v) is 10.6. The van der Waals surface area contributed by atoms with Gasteiger partial charge < -0.3 is 5.11 Å². The molecule has 80 valence electrons. The van der Waals surface area contributed by atoms with Gasteiger partial charge in [0.25, 0.3) is 0 Å². The first kappa shape index (κ1) is 12.3. The summed E-state index contributed by atoms with van der Waals surface area (Å²) in [5.41, 5.74) is 0. The fourth-order valence-electron chi connectivity index (χ4n) is 0.811. The molecule has 0 saturated carbocycles. The van der Waals surface area contributed by atoms with Crippen LogP contribution in [0, 0.1) is 0 Å². The van der Waals surface area contributed by atoms with E-state index >= 15 is 0 Å². The van der Waals surface area contributed by atoms with Crippen LogP contribution in [-0.4, -0.2) is 33.4 Å². The molecule has 0 amide bonds. The Balaban J connectivity index is 2.22. The molecule has 0 aliphatic rings. The first-order chi connectivity index (χ1) is 6.86. The second-order valence-electron chi connectivity index (χ2n) is 2.55. The summed E-state index contributed by atoms with van der Waals surface area (Å²) in [5.74, 6) is 2.07. The topological polar surface area (TPSA) is 46.0 Å². The van der Waals surface area contributed by atoms with E-state index < -0.39 is 0 Å². The van der Waals surface area contributed by atoms with Crippen LogP contribution in [0.2, 0.25) is 0 Å². The first-order valence-corrected chi connectivity index (χ1v) is 7.35. The predicted molar refractivity (Wildman–Crippen MR) is 63.4 cm³/mol. The number of hydrogen-bond acceptors (Lipinski definition) is 6. The average molecular weight is 250 g/mol. The van der Waals surface area contributed by atoms with E-state index in [0.29, 0.717) is 0 Å². The molecule has 1 aromatic heterocycles. The lowest BCUT2D eigenvalue weighted by molar-refractivity contribution is 0.287. The summed E-state index contributed by atoms with van der Waals surface area (Å²) in [6, 6.07) is 0. The van der Waals surface area contributed by atoms with Crippen LogP contribution < -0.4 is 0 Å². The van der Waals surface area contributed by atoms with Gasteiger partial charge in [0.05, 0.1) is 0 Å². The minimum absolute atomic E-state index is 0.285. The summed E-state index contributed by atoms with van der Waals surface area (Å²) in [5, 5.41) is 16.7. The molecule has 0 aliphatic carbocycles. The Bertz CT molecular complexity index is 254. The van der Waals surface area contributed by atoms with Crippen LogP contribution in [0.25, 0.3) is 0 Å². The summed E-state index contributed by atoms with van der Waals surface area (Å²) in [6.07, 6.45) is 1.92. The summed E-state index contributed by atoms with van der Waals surface area (Å²) in [4.78, 5) is 0. The molecular formula is C8H14N2OS3. The molecule has 0 aliphatic heterocycles. The van der Waals surface area contributed by atoms with Gasteiger partial charge in [-0.2, -0.15) is 0 Å². The molecule has 3 nitrogen and oxygen atoms in total. The molecule has 0 aromatic carbocycles. The van der Waals surface area contributed by atoms with Crippen molar-refractivity contribution in [3.63, 3.8) is 0 Å². The molecule has 1 rings (SSSR count). The van der Waals surface area contributed by atoms with Crippen molar-refractivity contribution in [3.8, 4) is 0 Å². The van der Waals surface area contributed by atoms with Gasteiger partial charge in [-0.05, 0) is 18.6 Å². The molecule has 0 fully saturated rings. The number of thioether (sulfide) groups is 2. The lowest BCUT2D eigenvalue weighted by Gasteiger charge is -1.94. The van der Waals surface area contributed by atoms with Gasteiger partial charge in [-0.25, -0.2) is 0 Å². The van der Waals surface area contributed by atoms with Crippen molar-refractivity contribution in [1.29, 1.82) is 0 Å². The van der Waals surface area contributed by atoms with Gasteiger partial charge in [0.15, 0.2) is 8.68 Å². The monoisotopic (exact) mass is 250 g/mol. The molecule has 0 bridgehead atoms. The Morgan fingerprint density at radius 1 is 1.21 bits per heavy atom. The lowest BCUT2D eigenvalue weighted by Crippen LogP contribution is -1.84. The third kappa shape index (κ3) is 4.63. The highest BCUT2D eigenvalue weighted by Gasteiger charge is 2.03. The Kier molecular flexibility index (Phi) is 6.59. The Morgan fingerprint density at radius 3 is 2.57 bits per heavy atom. The molecule has 0 radical (unpaired) electrons. The van der Waals surface area contributed by atoms with Gasteiger partial charge >= 0.3 is 0 Å². The van der Waals surface area contributed by atoms with Crippen LogP contribution >= 0.6 is 34.9 Å². The molecule has 0 atom stereocenters. The summed E-state index contributed by atoms with van der Waals surface area (Å²) in [7, 11) is 0. The van der Waals surface area contributed by atoms with Gasteiger partial charge in [-0.15, -0.1) is 10.2 Å². The highest BCUT2D eigenvalue weighted by molar-refractivity contribution is 8.03. The van der Waals surface area contributed by atoms with Crippen molar-refractivity contribution in [2.45, 2.75) is 28.4 Å². The molecule has 1 aromatic rings. The summed E-state index contributed by atoms with van der Waals surface area (Å²) < 4.78 is 2.09. The van der Waals surface area contributed by atoms with Crippen molar-refractivity contribution in [3.05, 3.63) is 0 Å². The van der Waals surface area contributed by atoms with Crippen LogP contribution in [0.3, 0.4) is 0 Å². The largest absolute Gasteiger partial charge is 0.396 e. The molecule has 0 spiro atoms. The fraction of sp³-hybridized carbons (Fsp3) is 0.750. The van der Waals surface area contributed by atoms with Gasteiger partial charge in [-0.1, -0.05) is 41.8 Å². The van der Waals surface area contributed by atoms with Crippen molar-refractivity contribution < 1.29 is 5.11 Å². The molecule has 0 saturated heterocycles. The summed E-state index contributed by atoms with van der Waals surface area (Å²) >= 11 is 5.12. The zero-order valence-electron chi connectivity index (χ0n) is 8.10. The number of nitrogens with zero attached hydrogens (tertiary/aromatic N) is 2. The van der Waals surface area contributed by atoms with E-state index in [1.807, 2.05) is 0 Å². The molecule has 1 N–H and O–H groups in total. The highest BCUT2D eigenvalue weighted by Crippen LogP contribution is 2.28. The number of unbranched alkanes of at least 4 members (excludes halogenated alkanes) is 1. The van der Waals surface area contributed by atoms with Crippen LogP contribution in [0.15, 0.2) is 8.68 Å². The third-order valence-corrected chi connectivity index (χ3v) is 4.59. The number of rotatable bonds is 7.